The van der Waals surface area contributed by atoms with Gasteiger partial charge in [-0.2, -0.15) is 0 Å². The molecule has 0 saturated carbocycles. The zero-order valence-corrected chi connectivity index (χ0v) is 9.04. The summed E-state index contributed by atoms with van der Waals surface area (Å²) in [6.07, 6.45) is 5.27. The van der Waals surface area contributed by atoms with Crippen molar-refractivity contribution in [3.05, 3.63) is 12.2 Å². The number of ether oxygens (including phenoxy) is 1. The second-order valence-electron chi connectivity index (χ2n) is 4.83. The lowest BCUT2D eigenvalue weighted by molar-refractivity contribution is -0.148. The number of rotatable bonds is 2. The highest BCUT2D eigenvalue weighted by molar-refractivity contribution is 5.66. The second-order valence-corrected chi connectivity index (χ2v) is 4.83. The van der Waals surface area contributed by atoms with Gasteiger partial charge in [-0.1, -0.05) is 26.0 Å². The van der Waals surface area contributed by atoms with Crippen molar-refractivity contribution in [1.82, 2.24) is 0 Å². The van der Waals surface area contributed by atoms with Crippen molar-refractivity contribution in [2.45, 2.75) is 39.2 Å². The third-order valence-electron chi connectivity index (χ3n) is 2.41. The molecule has 3 nitrogen and oxygen atoms in total. The quantitative estimate of drug-likeness (QED) is 0.542. The summed E-state index contributed by atoms with van der Waals surface area (Å²) in [7, 11) is 0. The normalized spacial score (nSPS) is 30.0. The van der Waals surface area contributed by atoms with Crippen LogP contribution in [-0.2, 0) is 9.53 Å². The predicted molar refractivity (Wildman–Crippen MR) is 53.7 cm³/mol. The zero-order chi connectivity index (χ0) is 10.8. The van der Waals surface area contributed by atoms with Gasteiger partial charge in [-0.3, -0.25) is 4.79 Å². The Labute approximate surface area is 84.8 Å². The Bertz CT molecular complexity index is 255. The molecule has 1 atom stereocenters. The van der Waals surface area contributed by atoms with Gasteiger partial charge >= 0.3 is 5.97 Å². The lowest BCUT2D eigenvalue weighted by Crippen LogP contribution is -2.40. The molecule has 80 valence electrons. The lowest BCUT2D eigenvalue weighted by atomic mass is 9.74. The van der Waals surface area contributed by atoms with Crippen molar-refractivity contribution in [3.63, 3.8) is 0 Å². The lowest BCUT2D eigenvalue weighted by Gasteiger charge is -2.36. The number of allylic oxidation sites excluding steroid dienone is 1. The Balaban J connectivity index is 2.61. The van der Waals surface area contributed by atoms with Gasteiger partial charge in [0.25, 0.3) is 0 Å². The molecule has 1 N–H and O–H groups in total. The van der Waals surface area contributed by atoms with Crippen molar-refractivity contribution in [2.75, 3.05) is 6.61 Å². The van der Waals surface area contributed by atoms with Gasteiger partial charge in [0.1, 0.15) is 12.2 Å². The van der Waals surface area contributed by atoms with E-state index in [-0.39, 0.29) is 18.0 Å². The molecule has 0 fully saturated rings. The standard InChI is InChI=1S/C11H18O3/c1-9(12)14-8-11(13)6-4-5-10(2,3)7-11/h4,6,13H,5,7-8H2,1-3H3. The van der Waals surface area contributed by atoms with Gasteiger partial charge in [-0.25, -0.2) is 0 Å². The summed E-state index contributed by atoms with van der Waals surface area (Å²) in [6, 6.07) is 0. The number of hydrogen-bond acceptors (Lipinski definition) is 3. The predicted octanol–water partition coefficient (Wildman–Crippen LogP) is 1.66. The van der Waals surface area contributed by atoms with Crippen LogP contribution in [0.15, 0.2) is 12.2 Å². The molecule has 0 saturated heterocycles. The minimum absolute atomic E-state index is 0.0578. The SMILES string of the molecule is CC(=O)OCC1(O)C=CCC(C)(C)C1. The summed E-state index contributed by atoms with van der Waals surface area (Å²) in [5, 5.41) is 10.1. The minimum atomic E-state index is -0.979. The van der Waals surface area contributed by atoms with Crippen LogP contribution < -0.4 is 0 Å². The topological polar surface area (TPSA) is 46.5 Å². The van der Waals surface area contributed by atoms with Crippen molar-refractivity contribution < 1.29 is 14.6 Å². The summed E-state index contributed by atoms with van der Waals surface area (Å²) in [5.74, 6) is -0.352. The number of esters is 1. The van der Waals surface area contributed by atoms with Gasteiger partial charge in [0, 0.05) is 6.92 Å². The first-order valence-electron chi connectivity index (χ1n) is 4.87. The summed E-state index contributed by atoms with van der Waals surface area (Å²) in [6.45, 7) is 5.59. The monoisotopic (exact) mass is 198 g/mol. The fraction of sp³-hybridized carbons (Fsp3) is 0.727. The largest absolute Gasteiger partial charge is 0.462 e. The van der Waals surface area contributed by atoms with Crippen molar-refractivity contribution >= 4 is 5.97 Å². The van der Waals surface area contributed by atoms with E-state index in [2.05, 4.69) is 13.8 Å². The highest BCUT2D eigenvalue weighted by Crippen LogP contribution is 2.36. The first-order chi connectivity index (χ1) is 6.33. The Morgan fingerprint density at radius 1 is 1.57 bits per heavy atom. The molecule has 0 radical (unpaired) electrons. The maximum atomic E-state index is 10.6. The van der Waals surface area contributed by atoms with E-state index >= 15 is 0 Å². The molecule has 3 heteroatoms. The minimum Gasteiger partial charge on any atom is -0.462 e. The van der Waals surface area contributed by atoms with Gasteiger partial charge < -0.3 is 9.84 Å². The van der Waals surface area contributed by atoms with Crippen LogP contribution in [0.25, 0.3) is 0 Å². The van der Waals surface area contributed by atoms with E-state index in [0.717, 1.165) is 6.42 Å². The number of aliphatic hydroxyl groups is 1. The summed E-state index contributed by atoms with van der Waals surface area (Å²) < 4.78 is 4.84. The van der Waals surface area contributed by atoms with Gasteiger partial charge in [0.05, 0.1) is 0 Å². The molecule has 0 aromatic rings. The van der Waals surface area contributed by atoms with Crippen LogP contribution in [0.2, 0.25) is 0 Å². The van der Waals surface area contributed by atoms with E-state index in [4.69, 9.17) is 4.74 Å². The van der Waals surface area contributed by atoms with Crippen LogP contribution in [-0.4, -0.2) is 23.3 Å². The average Bonchev–Trinajstić information content (AvgIpc) is 1.98. The van der Waals surface area contributed by atoms with E-state index in [1.807, 2.05) is 6.08 Å². The van der Waals surface area contributed by atoms with Crippen molar-refractivity contribution in [1.29, 1.82) is 0 Å². The van der Waals surface area contributed by atoms with E-state index in [0.29, 0.717) is 6.42 Å². The first-order valence-corrected chi connectivity index (χ1v) is 4.87. The van der Waals surface area contributed by atoms with E-state index in [1.165, 1.54) is 6.92 Å². The van der Waals surface area contributed by atoms with Crippen LogP contribution in [0.1, 0.15) is 33.6 Å². The molecular weight excluding hydrogens is 180 g/mol. The molecule has 0 bridgehead atoms. The Hall–Kier alpha value is -0.830. The Morgan fingerprint density at radius 2 is 2.21 bits per heavy atom. The zero-order valence-electron chi connectivity index (χ0n) is 9.04. The number of hydrogen-bond donors (Lipinski definition) is 1. The van der Waals surface area contributed by atoms with Crippen LogP contribution in [0.4, 0.5) is 0 Å². The smallest absolute Gasteiger partial charge is 0.302 e. The second kappa shape index (κ2) is 3.73. The van der Waals surface area contributed by atoms with Crippen LogP contribution in [0, 0.1) is 5.41 Å². The average molecular weight is 198 g/mol. The Morgan fingerprint density at radius 3 is 2.71 bits per heavy atom. The molecule has 0 aromatic carbocycles. The molecule has 0 amide bonds. The molecule has 0 heterocycles. The maximum absolute atomic E-state index is 10.6. The fourth-order valence-corrected chi connectivity index (χ4v) is 1.88. The molecular formula is C11H18O3. The summed E-state index contributed by atoms with van der Waals surface area (Å²) in [4.78, 5) is 10.6. The number of carbonyl (C=O) groups is 1. The number of carbonyl (C=O) groups excluding carboxylic acids is 1. The molecule has 1 unspecified atom stereocenters. The van der Waals surface area contributed by atoms with E-state index in [1.54, 1.807) is 6.08 Å². The highest BCUT2D eigenvalue weighted by atomic mass is 16.5. The fourth-order valence-electron chi connectivity index (χ4n) is 1.88. The highest BCUT2D eigenvalue weighted by Gasteiger charge is 2.35. The van der Waals surface area contributed by atoms with Gasteiger partial charge in [0.2, 0.25) is 0 Å². The Kier molecular flexibility index (Phi) is 3.00. The van der Waals surface area contributed by atoms with Gasteiger partial charge in [0.15, 0.2) is 0 Å². The van der Waals surface area contributed by atoms with Crippen LogP contribution in [0.5, 0.6) is 0 Å². The molecule has 1 rings (SSSR count). The maximum Gasteiger partial charge on any atom is 0.302 e. The van der Waals surface area contributed by atoms with E-state index < -0.39 is 5.60 Å². The van der Waals surface area contributed by atoms with Gasteiger partial charge in [-0.05, 0) is 18.3 Å². The first kappa shape index (κ1) is 11.2. The third-order valence-corrected chi connectivity index (χ3v) is 2.41. The third kappa shape index (κ3) is 3.14. The van der Waals surface area contributed by atoms with E-state index in [9.17, 15) is 9.90 Å². The summed E-state index contributed by atoms with van der Waals surface area (Å²) >= 11 is 0. The molecule has 0 aromatic heterocycles. The molecule has 1 aliphatic rings. The van der Waals surface area contributed by atoms with Crippen molar-refractivity contribution in [2.24, 2.45) is 5.41 Å². The van der Waals surface area contributed by atoms with Crippen molar-refractivity contribution in [3.8, 4) is 0 Å². The van der Waals surface area contributed by atoms with Crippen LogP contribution >= 0.6 is 0 Å². The van der Waals surface area contributed by atoms with Gasteiger partial charge in [-0.15, -0.1) is 0 Å². The molecule has 0 aliphatic heterocycles. The molecule has 1 aliphatic carbocycles. The molecule has 0 spiro atoms. The summed E-state index contributed by atoms with van der Waals surface area (Å²) in [5.41, 5.74) is -0.906. The molecule has 14 heavy (non-hydrogen) atoms. The van der Waals surface area contributed by atoms with Crippen LogP contribution in [0.3, 0.4) is 0 Å².